The second-order valence-corrected chi connectivity index (χ2v) is 8.95. The molecule has 0 saturated carbocycles. The van der Waals surface area contributed by atoms with Crippen molar-refractivity contribution in [2.75, 3.05) is 12.0 Å². The Morgan fingerprint density at radius 1 is 0.914 bits per heavy atom. The van der Waals surface area contributed by atoms with Crippen molar-refractivity contribution in [2.24, 2.45) is 0 Å². The lowest BCUT2D eigenvalue weighted by Gasteiger charge is -2.26. The van der Waals surface area contributed by atoms with Gasteiger partial charge in [0.2, 0.25) is 0 Å². The predicted octanol–water partition coefficient (Wildman–Crippen LogP) is 5.32. The normalized spacial score (nSPS) is 14.8. The van der Waals surface area contributed by atoms with Crippen LogP contribution in [0.2, 0.25) is 0 Å². The fraction of sp³-hybridized carbons (Fsp3) is 0.148. The topological polar surface area (TPSA) is 84.9 Å². The van der Waals surface area contributed by atoms with Gasteiger partial charge in [0.25, 0.3) is 11.8 Å². The fourth-order valence-electron chi connectivity index (χ4n) is 3.52. The number of amides is 4. The van der Waals surface area contributed by atoms with Crippen LogP contribution in [-0.4, -0.2) is 25.0 Å². The Bertz CT molecular complexity index is 1330. The molecule has 1 saturated heterocycles. The van der Waals surface area contributed by atoms with E-state index in [1.54, 1.807) is 36.4 Å². The van der Waals surface area contributed by atoms with E-state index < -0.39 is 17.8 Å². The highest BCUT2D eigenvalue weighted by Crippen LogP contribution is 2.35. The lowest BCUT2D eigenvalue weighted by molar-refractivity contribution is -0.122. The Labute approximate surface area is 211 Å². The van der Waals surface area contributed by atoms with E-state index >= 15 is 0 Å². The van der Waals surface area contributed by atoms with Gasteiger partial charge in [0, 0.05) is 4.47 Å². The number of methoxy groups -OCH3 is 1. The number of aryl methyl sites for hydroxylation is 2. The minimum atomic E-state index is -0.794. The van der Waals surface area contributed by atoms with Crippen LogP contribution >= 0.6 is 15.9 Å². The zero-order valence-corrected chi connectivity index (χ0v) is 21.0. The number of nitrogens with one attached hydrogen (secondary N) is 1. The third-order valence-electron chi connectivity index (χ3n) is 5.49. The van der Waals surface area contributed by atoms with Gasteiger partial charge in [0.05, 0.1) is 12.8 Å². The van der Waals surface area contributed by atoms with Crippen molar-refractivity contribution in [1.29, 1.82) is 0 Å². The molecule has 7 nitrogen and oxygen atoms in total. The zero-order valence-electron chi connectivity index (χ0n) is 19.4. The van der Waals surface area contributed by atoms with Gasteiger partial charge in [-0.05, 0) is 55.3 Å². The summed E-state index contributed by atoms with van der Waals surface area (Å²) in [6, 6.07) is 17.5. The molecule has 178 valence electrons. The highest BCUT2D eigenvalue weighted by molar-refractivity contribution is 9.10. The summed E-state index contributed by atoms with van der Waals surface area (Å²) in [5.74, 6) is -0.553. The van der Waals surface area contributed by atoms with Gasteiger partial charge in [0.1, 0.15) is 12.2 Å². The molecule has 1 N–H and O–H groups in total. The van der Waals surface area contributed by atoms with Crippen LogP contribution in [0.3, 0.4) is 0 Å². The highest BCUT2D eigenvalue weighted by Gasteiger charge is 2.37. The molecule has 0 aromatic heterocycles. The molecule has 0 aliphatic carbocycles. The van der Waals surface area contributed by atoms with Gasteiger partial charge in [-0.1, -0.05) is 63.5 Å². The maximum atomic E-state index is 13.2. The summed E-state index contributed by atoms with van der Waals surface area (Å²) in [5.41, 5.74) is 3.85. The summed E-state index contributed by atoms with van der Waals surface area (Å²) < 4.78 is 12.0. The van der Waals surface area contributed by atoms with Crippen LogP contribution in [0.5, 0.6) is 11.5 Å². The first-order valence-corrected chi connectivity index (χ1v) is 11.6. The van der Waals surface area contributed by atoms with Crippen LogP contribution in [0.25, 0.3) is 6.08 Å². The molecule has 0 spiro atoms. The second-order valence-electron chi connectivity index (χ2n) is 8.09. The van der Waals surface area contributed by atoms with Crippen molar-refractivity contribution in [3.05, 3.63) is 93.0 Å². The smallest absolute Gasteiger partial charge is 0.335 e. The molecule has 0 atom stereocenters. The Morgan fingerprint density at radius 2 is 1.54 bits per heavy atom. The molecule has 1 fully saturated rings. The van der Waals surface area contributed by atoms with Gasteiger partial charge < -0.3 is 9.47 Å². The van der Waals surface area contributed by atoms with E-state index in [9.17, 15) is 14.4 Å². The van der Waals surface area contributed by atoms with Gasteiger partial charge in [-0.3, -0.25) is 14.9 Å². The minimum absolute atomic E-state index is 0.179. The van der Waals surface area contributed by atoms with E-state index in [0.717, 1.165) is 21.6 Å². The first-order valence-electron chi connectivity index (χ1n) is 10.8. The van der Waals surface area contributed by atoms with Gasteiger partial charge >= 0.3 is 6.03 Å². The third kappa shape index (κ3) is 5.27. The number of anilines is 1. The maximum Gasteiger partial charge on any atom is 0.335 e. The predicted molar refractivity (Wildman–Crippen MR) is 136 cm³/mol. The number of carbonyl (C=O) groups is 3. The quantitative estimate of drug-likeness (QED) is 0.341. The number of halogens is 1. The molecule has 4 rings (SSSR count). The third-order valence-corrected chi connectivity index (χ3v) is 6.18. The van der Waals surface area contributed by atoms with Crippen molar-refractivity contribution in [1.82, 2.24) is 5.32 Å². The SMILES string of the molecule is COc1cc(/C=C2\C(=O)NC(=O)N(c3ccc(C)cc3)C2=O)c(Br)cc1OCc1ccc(C)cc1. The second kappa shape index (κ2) is 10.1. The first-order chi connectivity index (χ1) is 16.8. The Hall–Kier alpha value is -3.91. The number of nitrogens with zero attached hydrogens (tertiary/aromatic N) is 1. The summed E-state index contributed by atoms with van der Waals surface area (Å²) in [5, 5.41) is 2.23. The zero-order chi connectivity index (χ0) is 25.1. The average Bonchev–Trinajstić information content (AvgIpc) is 2.83. The van der Waals surface area contributed by atoms with Crippen molar-refractivity contribution in [3.8, 4) is 11.5 Å². The first kappa shape index (κ1) is 24.2. The molecule has 35 heavy (non-hydrogen) atoms. The standard InChI is InChI=1S/C27H23BrN2O5/c1-16-4-8-18(9-5-16)15-35-24-14-22(28)19(13-23(24)34-3)12-21-25(31)29-27(33)30(26(21)32)20-10-6-17(2)7-11-20/h4-14H,15H2,1-3H3,(H,29,31,33)/b21-12+. The summed E-state index contributed by atoms with van der Waals surface area (Å²) in [6.07, 6.45) is 1.42. The van der Waals surface area contributed by atoms with E-state index in [0.29, 0.717) is 33.8 Å². The molecule has 3 aromatic rings. The number of rotatable bonds is 6. The molecule has 4 amide bonds. The van der Waals surface area contributed by atoms with E-state index in [1.807, 2.05) is 38.1 Å². The highest BCUT2D eigenvalue weighted by atomic mass is 79.9. The molecule has 0 bridgehead atoms. The number of urea groups is 1. The van der Waals surface area contributed by atoms with Crippen LogP contribution in [-0.2, 0) is 16.2 Å². The number of benzene rings is 3. The number of hydrogen-bond donors (Lipinski definition) is 1. The van der Waals surface area contributed by atoms with Gasteiger partial charge in [-0.25, -0.2) is 9.69 Å². The molecule has 8 heteroatoms. The summed E-state index contributed by atoms with van der Waals surface area (Å²) in [4.78, 5) is 39.1. The number of carbonyl (C=O) groups excluding carboxylic acids is 3. The van der Waals surface area contributed by atoms with Crippen LogP contribution in [0.1, 0.15) is 22.3 Å². The van der Waals surface area contributed by atoms with Crippen molar-refractivity contribution >= 4 is 45.5 Å². The van der Waals surface area contributed by atoms with Crippen molar-refractivity contribution in [2.45, 2.75) is 20.5 Å². The molecular formula is C27H23BrN2O5. The summed E-state index contributed by atoms with van der Waals surface area (Å²) in [6.45, 7) is 4.26. The molecular weight excluding hydrogens is 512 g/mol. The van der Waals surface area contributed by atoms with Crippen molar-refractivity contribution in [3.63, 3.8) is 0 Å². The number of barbiturate groups is 1. The van der Waals surface area contributed by atoms with E-state index in [1.165, 1.54) is 13.2 Å². The number of hydrogen-bond acceptors (Lipinski definition) is 5. The van der Waals surface area contributed by atoms with Crippen LogP contribution in [0, 0.1) is 13.8 Å². The Balaban J connectivity index is 1.63. The number of imide groups is 2. The Kier molecular flexibility index (Phi) is 7.02. The molecule has 0 radical (unpaired) electrons. The van der Waals surface area contributed by atoms with Crippen LogP contribution in [0.4, 0.5) is 10.5 Å². The summed E-state index contributed by atoms with van der Waals surface area (Å²) in [7, 11) is 1.51. The molecule has 1 aliphatic heterocycles. The molecule has 1 heterocycles. The average molecular weight is 535 g/mol. The fourth-order valence-corrected chi connectivity index (χ4v) is 3.96. The lowest BCUT2D eigenvalue weighted by atomic mass is 10.1. The van der Waals surface area contributed by atoms with E-state index in [2.05, 4.69) is 21.2 Å². The minimum Gasteiger partial charge on any atom is -0.493 e. The van der Waals surface area contributed by atoms with Crippen LogP contribution in [0.15, 0.2) is 70.7 Å². The van der Waals surface area contributed by atoms with E-state index in [4.69, 9.17) is 9.47 Å². The van der Waals surface area contributed by atoms with Crippen molar-refractivity contribution < 1.29 is 23.9 Å². The Morgan fingerprint density at radius 3 is 2.17 bits per heavy atom. The van der Waals surface area contributed by atoms with Gasteiger partial charge in [-0.2, -0.15) is 0 Å². The monoisotopic (exact) mass is 534 g/mol. The van der Waals surface area contributed by atoms with Gasteiger partial charge in [0.15, 0.2) is 11.5 Å². The largest absolute Gasteiger partial charge is 0.493 e. The van der Waals surface area contributed by atoms with Crippen LogP contribution < -0.4 is 19.7 Å². The molecule has 3 aromatic carbocycles. The summed E-state index contributed by atoms with van der Waals surface area (Å²) >= 11 is 3.49. The maximum absolute atomic E-state index is 13.2. The van der Waals surface area contributed by atoms with E-state index in [-0.39, 0.29) is 5.57 Å². The molecule has 0 unspecified atom stereocenters. The molecule has 1 aliphatic rings. The van der Waals surface area contributed by atoms with Gasteiger partial charge in [-0.15, -0.1) is 0 Å². The number of ether oxygens (including phenoxy) is 2. The lowest BCUT2D eigenvalue weighted by Crippen LogP contribution is -2.54.